The highest BCUT2D eigenvalue weighted by Crippen LogP contribution is 2.17. The number of aromatic nitrogens is 3. The smallest absolute Gasteiger partial charge is 0.277 e. The lowest BCUT2D eigenvalue weighted by Gasteiger charge is -2.10. The van der Waals surface area contributed by atoms with Crippen molar-refractivity contribution in [2.24, 2.45) is 7.05 Å². The molecule has 19 heavy (non-hydrogen) atoms. The Balaban J connectivity index is 2.01. The quantitative estimate of drug-likeness (QED) is 0.911. The van der Waals surface area contributed by atoms with Crippen LogP contribution in [0.15, 0.2) is 30.5 Å². The van der Waals surface area contributed by atoms with Crippen LogP contribution in [0, 0.1) is 0 Å². The number of amides is 1. The van der Waals surface area contributed by atoms with E-state index in [2.05, 4.69) is 15.6 Å². The molecule has 1 aromatic heterocycles. The van der Waals surface area contributed by atoms with E-state index >= 15 is 0 Å². The van der Waals surface area contributed by atoms with Crippen molar-refractivity contribution in [1.82, 2.24) is 15.0 Å². The third kappa shape index (κ3) is 3.54. The van der Waals surface area contributed by atoms with Gasteiger partial charge in [0.2, 0.25) is 0 Å². The van der Waals surface area contributed by atoms with E-state index in [0.717, 1.165) is 5.75 Å². The lowest BCUT2D eigenvalue weighted by atomic mass is 10.3. The molecule has 100 valence electrons. The van der Waals surface area contributed by atoms with Crippen LogP contribution in [-0.4, -0.2) is 27.0 Å². The summed E-state index contributed by atoms with van der Waals surface area (Å²) in [7, 11) is 1.71. The number of carbonyl (C=O) groups excluding carboxylic acids is 1. The minimum Gasteiger partial charge on any atom is -0.491 e. The molecule has 0 unspecified atom stereocenters. The van der Waals surface area contributed by atoms with E-state index in [1.807, 2.05) is 26.0 Å². The predicted molar refractivity (Wildman–Crippen MR) is 71.2 cm³/mol. The Kier molecular flexibility index (Phi) is 3.79. The number of nitrogens with one attached hydrogen (secondary N) is 1. The highest BCUT2D eigenvalue weighted by molar-refractivity contribution is 6.02. The molecular formula is C13H16N4O2. The molecule has 1 amide bonds. The number of nitrogens with zero attached hydrogens (tertiary/aromatic N) is 3. The summed E-state index contributed by atoms with van der Waals surface area (Å²) in [5, 5.41) is 10.2. The highest BCUT2D eigenvalue weighted by Gasteiger charge is 2.10. The number of hydrogen-bond acceptors (Lipinski definition) is 4. The molecule has 0 saturated heterocycles. The van der Waals surface area contributed by atoms with Gasteiger partial charge in [-0.2, -0.15) is 0 Å². The first-order valence-corrected chi connectivity index (χ1v) is 5.99. The van der Waals surface area contributed by atoms with Crippen LogP contribution in [0.2, 0.25) is 0 Å². The van der Waals surface area contributed by atoms with Crippen molar-refractivity contribution < 1.29 is 9.53 Å². The molecule has 0 bridgehead atoms. The number of aryl methyl sites for hydroxylation is 1. The maximum absolute atomic E-state index is 11.8. The number of benzene rings is 1. The van der Waals surface area contributed by atoms with E-state index in [0.29, 0.717) is 5.69 Å². The number of ether oxygens (including phenoxy) is 1. The van der Waals surface area contributed by atoms with Crippen molar-refractivity contribution in [2.75, 3.05) is 5.32 Å². The van der Waals surface area contributed by atoms with E-state index in [4.69, 9.17) is 4.74 Å². The molecule has 0 atom stereocenters. The summed E-state index contributed by atoms with van der Waals surface area (Å²) in [5.41, 5.74) is 0.969. The number of hydrogen-bond donors (Lipinski definition) is 1. The second kappa shape index (κ2) is 5.51. The fourth-order valence-corrected chi connectivity index (χ4v) is 1.54. The first-order chi connectivity index (χ1) is 9.04. The third-order valence-corrected chi connectivity index (χ3v) is 2.32. The van der Waals surface area contributed by atoms with Crippen molar-refractivity contribution in [3.05, 3.63) is 36.2 Å². The summed E-state index contributed by atoms with van der Waals surface area (Å²) in [6, 6.07) is 7.19. The van der Waals surface area contributed by atoms with E-state index in [9.17, 15) is 4.79 Å². The standard InChI is InChI=1S/C13H16N4O2/c1-9(2)19-11-6-4-10(5-7-11)14-13(18)12-8-17(3)16-15-12/h4-9H,1-3H3,(H,14,18). The normalized spacial score (nSPS) is 10.5. The molecular weight excluding hydrogens is 244 g/mol. The Hall–Kier alpha value is -2.37. The SMILES string of the molecule is CC(C)Oc1ccc(NC(=O)c2cn(C)nn2)cc1. The van der Waals surface area contributed by atoms with Gasteiger partial charge >= 0.3 is 0 Å². The molecule has 0 saturated carbocycles. The van der Waals surface area contributed by atoms with Gasteiger partial charge in [0.25, 0.3) is 5.91 Å². The van der Waals surface area contributed by atoms with Gasteiger partial charge in [0.1, 0.15) is 5.75 Å². The average molecular weight is 260 g/mol. The van der Waals surface area contributed by atoms with Crippen molar-refractivity contribution in [1.29, 1.82) is 0 Å². The fourth-order valence-electron chi connectivity index (χ4n) is 1.54. The minimum absolute atomic E-state index is 0.125. The third-order valence-electron chi connectivity index (χ3n) is 2.32. The van der Waals surface area contributed by atoms with Gasteiger partial charge in [-0.25, -0.2) is 0 Å². The van der Waals surface area contributed by atoms with Crippen LogP contribution in [0.3, 0.4) is 0 Å². The molecule has 2 aromatic rings. The molecule has 0 spiro atoms. The van der Waals surface area contributed by atoms with Gasteiger partial charge < -0.3 is 10.1 Å². The topological polar surface area (TPSA) is 69.0 Å². The first kappa shape index (κ1) is 13.1. The molecule has 6 heteroatoms. The lowest BCUT2D eigenvalue weighted by molar-refractivity contribution is 0.102. The van der Waals surface area contributed by atoms with Crippen molar-refractivity contribution >= 4 is 11.6 Å². The molecule has 1 aromatic carbocycles. The van der Waals surface area contributed by atoms with Crippen molar-refractivity contribution in [3.8, 4) is 5.75 Å². The van der Waals surface area contributed by atoms with Crippen LogP contribution in [0.25, 0.3) is 0 Å². The Morgan fingerprint density at radius 2 is 2.00 bits per heavy atom. The van der Waals surface area contributed by atoms with Gasteiger partial charge in [0, 0.05) is 12.7 Å². The number of rotatable bonds is 4. The monoisotopic (exact) mass is 260 g/mol. The van der Waals surface area contributed by atoms with Gasteiger partial charge in [-0.05, 0) is 38.1 Å². The van der Waals surface area contributed by atoms with Gasteiger partial charge in [0.15, 0.2) is 5.69 Å². The Morgan fingerprint density at radius 1 is 1.32 bits per heavy atom. The molecule has 0 radical (unpaired) electrons. The van der Waals surface area contributed by atoms with Crippen LogP contribution in [-0.2, 0) is 7.05 Å². The average Bonchev–Trinajstić information content (AvgIpc) is 2.78. The molecule has 2 rings (SSSR count). The molecule has 1 heterocycles. The zero-order chi connectivity index (χ0) is 13.8. The van der Waals surface area contributed by atoms with E-state index in [1.54, 1.807) is 25.4 Å². The van der Waals surface area contributed by atoms with Crippen LogP contribution >= 0.6 is 0 Å². The second-order valence-corrected chi connectivity index (χ2v) is 4.42. The zero-order valence-corrected chi connectivity index (χ0v) is 11.1. The Bertz CT molecular complexity index is 560. The maximum atomic E-state index is 11.8. The summed E-state index contributed by atoms with van der Waals surface area (Å²) in [4.78, 5) is 11.8. The molecule has 6 nitrogen and oxygen atoms in total. The molecule has 0 aliphatic heterocycles. The van der Waals surface area contributed by atoms with Crippen LogP contribution in [0.1, 0.15) is 24.3 Å². The number of anilines is 1. The molecule has 0 aliphatic rings. The summed E-state index contributed by atoms with van der Waals surface area (Å²) in [6.45, 7) is 3.92. The number of carbonyl (C=O) groups is 1. The van der Waals surface area contributed by atoms with E-state index in [1.165, 1.54) is 4.68 Å². The molecule has 0 aliphatic carbocycles. The lowest BCUT2D eigenvalue weighted by Crippen LogP contribution is -2.12. The molecule has 0 fully saturated rings. The van der Waals surface area contributed by atoms with Crippen LogP contribution in [0.5, 0.6) is 5.75 Å². The summed E-state index contributed by atoms with van der Waals surface area (Å²) >= 11 is 0. The summed E-state index contributed by atoms with van der Waals surface area (Å²) in [5.74, 6) is 0.484. The maximum Gasteiger partial charge on any atom is 0.277 e. The predicted octanol–water partition coefficient (Wildman–Crippen LogP) is 1.85. The Labute approximate surface area is 111 Å². The van der Waals surface area contributed by atoms with E-state index < -0.39 is 0 Å². The van der Waals surface area contributed by atoms with Crippen molar-refractivity contribution in [2.45, 2.75) is 20.0 Å². The second-order valence-electron chi connectivity index (χ2n) is 4.42. The summed E-state index contributed by atoms with van der Waals surface area (Å²) in [6.07, 6.45) is 1.69. The minimum atomic E-state index is -0.286. The highest BCUT2D eigenvalue weighted by atomic mass is 16.5. The van der Waals surface area contributed by atoms with E-state index in [-0.39, 0.29) is 17.7 Å². The van der Waals surface area contributed by atoms with Crippen molar-refractivity contribution in [3.63, 3.8) is 0 Å². The van der Waals surface area contributed by atoms with Gasteiger partial charge in [-0.15, -0.1) is 5.10 Å². The molecule has 1 N–H and O–H groups in total. The van der Waals surface area contributed by atoms with Crippen LogP contribution in [0.4, 0.5) is 5.69 Å². The summed E-state index contributed by atoms with van der Waals surface area (Å²) < 4.78 is 7.00. The zero-order valence-electron chi connectivity index (χ0n) is 11.1. The fraction of sp³-hybridized carbons (Fsp3) is 0.308. The van der Waals surface area contributed by atoms with Gasteiger partial charge in [-0.3, -0.25) is 9.48 Å². The largest absolute Gasteiger partial charge is 0.491 e. The van der Waals surface area contributed by atoms with Gasteiger partial charge in [0.05, 0.1) is 12.3 Å². The van der Waals surface area contributed by atoms with Gasteiger partial charge in [-0.1, -0.05) is 5.21 Å². The van der Waals surface area contributed by atoms with Crippen LogP contribution < -0.4 is 10.1 Å². The Morgan fingerprint density at radius 3 is 2.53 bits per heavy atom. The first-order valence-electron chi connectivity index (χ1n) is 5.99.